The summed E-state index contributed by atoms with van der Waals surface area (Å²) in [7, 11) is -3.42. The number of nitrogens with one attached hydrogen (secondary N) is 1. The van der Waals surface area contributed by atoms with Gasteiger partial charge in [0.2, 0.25) is 15.9 Å². The number of hydrogen-bond acceptors (Lipinski definition) is 3. The smallest absolute Gasteiger partial charge is 0.235 e. The number of carbonyl (C=O) groups is 1. The van der Waals surface area contributed by atoms with E-state index in [0.29, 0.717) is 12.5 Å². The molecule has 1 aromatic carbocycles. The quantitative estimate of drug-likeness (QED) is 0.823. The first-order valence-corrected chi connectivity index (χ1v) is 8.39. The second-order valence-electron chi connectivity index (χ2n) is 5.21. The molecule has 1 rings (SSSR count). The molecule has 0 heterocycles. The molecule has 0 spiro atoms. The van der Waals surface area contributed by atoms with Crippen LogP contribution in [0.4, 0.5) is 0 Å². The fourth-order valence-corrected chi connectivity index (χ4v) is 2.35. The molecule has 0 unspecified atom stereocenters. The summed E-state index contributed by atoms with van der Waals surface area (Å²) in [6.07, 6.45) is 1.12. The summed E-state index contributed by atoms with van der Waals surface area (Å²) < 4.78 is 24.7. The highest BCUT2D eigenvalue weighted by atomic mass is 32.2. The van der Waals surface area contributed by atoms with Gasteiger partial charge in [-0.05, 0) is 11.5 Å². The Hall–Kier alpha value is -1.40. The minimum Gasteiger partial charge on any atom is -0.355 e. The third-order valence-corrected chi connectivity index (χ3v) is 3.89. The lowest BCUT2D eigenvalue weighted by Gasteiger charge is -2.20. The standard InChI is InChI=1S/C14H22N2O3S/c1-12(2)9-15-14(17)11-16(20(3,18)19)10-13-7-5-4-6-8-13/h4-8,12H,9-11H2,1-3H3,(H,15,17). The largest absolute Gasteiger partial charge is 0.355 e. The van der Waals surface area contributed by atoms with E-state index in [1.807, 2.05) is 44.2 Å². The zero-order chi connectivity index (χ0) is 15.2. The summed E-state index contributed by atoms with van der Waals surface area (Å²) in [5.41, 5.74) is 0.856. The van der Waals surface area contributed by atoms with Gasteiger partial charge in [-0.15, -0.1) is 0 Å². The maximum atomic E-state index is 11.8. The molecule has 6 heteroatoms. The van der Waals surface area contributed by atoms with Crippen molar-refractivity contribution in [3.63, 3.8) is 0 Å². The van der Waals surface area contributed by atoms with Gasteiger partial charge >= 0.3 is 0 Å². The van der Waals surface area contributed by atoms with Crippen LogP contribution in [-0.2, 0) is 21.4 Å². The fourth-order valence-electron chi connectivity index (χ4n) is 1.61. The van der Waals surface area contributed by atoms with Gasteiger partial charge in [0.05, 0.1) is 12.8 Å². The molecule has 0 atom stereocenters. The maximum absolute atomic E-state index is 11.8. The first kappa shape index (κ1) is 16.7. The van der Waals surface area contributed by atoms with Gasteiger partial charge in [0.15, 0.2) is 0 Å². The van der Waals surface area contributed by atoms with E-state index in [9.17, 15) is 13.2 Å². The summed E-state index contributed by atoms with van der Waals surface area (Å²) in [6.45, 7) is 4.56. The summed E-state index contributed by atoms with van der Waals surface area (Å²) in [4.78, 5) is 11.8. The van der Waals surface area contributed by atoms with Crippen LogP contribution in [0.1, 0.15) is 19.4 Å². The van der Waals surface area contributed by atoms with Crippen molar-refractivity contribution >= 4 is 15.9 Å². The van der Waals surface area contributed by atoms with Crippen molar-refractivity contribution in [3.8, 4) is 0 Å². The first-order valence-electron chi connectivity index (χ1n) is 6.55. The zero-order valence-electron chi connectivity index (χ0n) is 12.2. The molecule has 0 aliphatic heterocycles. The number of benzene rings is 1. The minimum atomic E-state index is -3.42. The zero-order valence-corrected chi connectivity index (χ0v) is 13.0. The van der Waals surface area contributed by atoms with Crippen LogP contribution in [0.5, 0.6) is 0 Å². The van der Waals surface area contributed by atoms with E-state index in [2.05, 4.69) is 5.32 Å². The molecule has 1 aromatic rings. The van der Waals surface area contributed by atoms with Crippen LogP contribution in [0.25, 0.3) is 0 Å². The van der Waals surface area contributed by atoms with Crippen LogP contribution in [0.2, 0.25) is 0 Å². The van der Waals surface area contributed by atoms with Gasteiger partial charge < -0.3 is 5.32 Å². The van der Waals surface area contributed by atoms with Gasteiger partial charge in [-0.1, -0.05) is 44.2 Å². The number of rotatable bonds is 7. The fraction of sp³-hybridized carbons (Fsp3) is 0.500. The highest BCUT2D eigenvalue weighted by Gasteiger charge is 2.20. The second-order valence-corrected chi connectivity index (χ2v) is 7.20. The summed E-state index contributed by atoms with van der Waals surface area (Å²) in [5, 5.41) is 2.73. The Kier molecular flexibility index (Phi) is 6.16. The van der Waals surface area contributed by atoms with Gasteiger partial charge in [-0.3, -0.25) is 4.79 Å². The van der Waals surface area contributed by atoms with Gasteiger partial charge in [-0.25, -0.2) is 8.42 Å². The topological polar surface area (TPSA) is 66.5 Å². The van der Waals surface area contributed by atoms with Crippen LogP contribution in [-0.4, -0.2) is 38.0 Å². The lowest BCUT2D eigenvalue weighted by molar-refractivity contribution is -0.121. The molecular formula is C14H22N2O3S. The molecule has 0 bridgehead atoms. The predicted molar refractivity (Wildman–Crippen MR) is 79.5 cm³/mol. The van der Waals surface area contributed by atoms with E-state index in [-0.39, 0.29) is 19.0 Å². The van der Waals surface area contributed by atoms with Crippen molar-refractivity contribution in [2.45, 2.75) is 20.4 Å². The Morgan fingerprint density at radius 3 is 2.35 bits per heavy atom. The minimum absolute atomic E-state index is 0.152. The Morgan fingerprint density at radius 2 is 1.85 bits per heavy atom. The lowest BCUT2D eigenvalue weighted by atomic mass is 10.2. The van der Waals surface area contributed by atoms with E-state index < -0.39 is 10.0 Å². The third-order valence-electron chi connectivity index (χ3n) is 2.70. The number of hydrogen-bond donors (Lipinski definition) is 1. The molecule has 0 aliphatic carbocycles. The summed E-state index contributed by atoms with van der Waals surface area (Å²) >= 11 is 0. The Morgan fingerprint density at radius 1 is 1.25 bits per heavy atom. The van der Waals surface area contributed by atoms with Gasteiger partial charge in [0, 0.05) is 13.1 Å². The molecule has 0 fully saturated rings. The molecule has 0 aliphatic rings. The van der Waals surface area contributed by atoms with Gasteiger partial charge in [-0.2, -0.15) is 4.31 Å². The van der Waals surface area contributed by atoms with E-state index in [0.717, 1.165) is 11.8 Å². The van der Waals surface area contributed by atoms with Crippen molar-refractivity contribution in [1.82, 2.24) is 9.62 Å². The van der Waals surface area contributed by atoms with E-state index in [1.54, 1.807) is 0 Å². The average molecular weight is 298 g/mol. The Labute approximate surface area is 121 Å². The maximum Gasteiger partial charge on any atom is 0.235 e. The molecule has 0 saturated carbocycles. The Bertz CT molecular complexity index is 527. The highest BCUT2D eigenvalue weighted by Crippen LogP contribution is 2.07. The first-order chi connectivity index (χ1) is 9.29. The van der Waals surface area contributed by atoms with Crippen LogP contribution in [0.3, 0.4) is 0 Å². The van der Waals surface area contributed by atoms with Crippen LogP contribution >= 0.6 is 0 Å². The molecule has 5 nitrogen and oxygen atoms in total. The third kappa shape index (κ3) is 6.16. The van der Waals surface area contributed by atoms with Crippen molar-refractivity contribution in [3.05, 3.63) is 35.9 Å². The van der Waals surface area contributed by atoms with Gasteiger partial charge in [0.1, 0.15) is 0 Å². The molecule has 1 amide bonds. The van der Waals surface area contributed by atoms with Crippen molar-refractivity contribution in [1.29, 1.82) is 0 Å². The second kappa shape index (κ2) is 7.40. The average Bonchev–Trinajstić information content (AvgIpc) is 2.36. The van der Waals surface area contributed by atoms with E-state index >= 15 is 0 Å². The van der Waals surface area contributed by atoms with Crippen LogP contribution in [0.15, 0.2) is 30.3 Å². The molecule has 20 heavy (non-hydrogen) atoms. The van der Waals surface area contributed by atoms with Crippen molar-refractivity contribution in [2.24, 2.45) is 5.92 Å². The molecular weight excluding hydrogens is 276 g/mol. The lowest BCUT2D eigenvalue weighted by Crippen LogP contribution is -2.40. The van der Waals surface area contributed by atoms with Crippen LogP contribution < -0.4 is 5.32 Å². The SMILES string of the molecule is CC(C)CNC(=O)CN(Cc1ccccc1)S(C)(=O)=O. The van der Waals surface area contributed by atoms with Crippen molar-refractivity contribution < 1.29 is 13.2 Å². The van der Waals surface area contributed by atoms with Crippen molar-refractivity contribution in [2.75, 3.05) is 19.3 Å². The molecule has 1 N–H and O–H groups in total. The number of sulfonamides is 1. The van der Waals surface area contributed by atoms with Crippen LogP contribution in [0, 0.1) is 5.92 Å². The number of nitrogens with zero attached hydrogens (tertiary/aromatic N) is 1. The Balaban J connectivity index is 2.69. The van der Waals surface area contributed by atoms with Gasteiger partial charge in [0.25, 0.3) is 0 Å². The van der Waals surface area contributed by atoms with E-state index in [1.165, 1.54) is 4.31 Å². The molecule has 0 saturated heterocycles. The summed E-state index contributed by atoms with van der Waals surface area (Å²) in [6, 6.07) is 9.22. The predicted octanol–water partition coefficient (Wildman–Crippen LogP) is 1.22. The normalized spacial score (nSPS) is 11.8. The molecule has 112 valence electrons. The highest BCUT2D eigenvalue weighted by molar-refractivity contribution is 7.88. The number of amides is 1. The summed E-state index contributed by atoms with van der Waals surface area (Å²) in [5.74, 6) is 0.0554. The monoisotopic (exact) mass is 298 g/mol. The number of carbonyl (C=O) groups excluding carboxylic acids is 1. The molecule has 0 aromatic heterocycles. The molecule has 0 radical (unpaired) electrons. The van der Waals surface area contributed by atoms with E-state index in [4.69, 9.17) is 0 Å².